The predicted octanol–water partition coefficient (Wildman–Crippen LogP) is 2.17. The molecule has 68 valence electrons. The Labute approximate surface area is 74.9 Å². The first kappa shape index (κ1) is 7.37. The fraction of sp³-hybridized carbons (Fsp3) is 1.00. The largest absolute Gasteiger partial charge is 0.311 e. The summed E-state index contributed by atoms with van der Waals surface area (Å²) in [6.07, 6.45) is 7.60. The molecular formula is C11H19N. The zero-order valence-corrected chi connectivity index (χ0v) is 7.97. The van der Waals surface area contributed by atoms with Crippen LogP contribution in [0.15, 0.2) is 0 Å². The van der Waals surface area contributed by atoms with Crippen molar-refractivity contribution in [3.63, 3.8) is 0 Å². The molecule has 0 aromatic heterocycles. The molecule has 0 spiro atoms. The van der Waals surface area contributed by atoms with Crippen LogP contribution in [0.25, 0.3) is 0 Å². The molecule has 2 bridgehead atoms. The Kier molecular flexibility index (Phi) is 1.39. The normalized spacial score (nSPS) is 57.2. The molecule has 1 aliphatic heterocycles. The topological polar surface area (TPSA) is 12.0 Å². The second kappa shape index (κ2) is 2.25. The molecule has 0 aromatic rings. The maximum atomic E-state index is 3.65. The Balaban J connectivity index is 1.77. The van der Waals surface area contributed by atoms with Gasteiger partial charge in [-0.15, -0.1) is 0 Å². The molecule has 1 N–H and O–H groups in total. The molecule has 4 atom stereocenters. The van der Waals surface area contributed by atoms with Gasteiger partial charge in [-0.3, -0.25) is 0 Å². The SMILES string of the molecule is CC1(C2CC3CCC2C3)CCN1. The Morgan fingerprint density at radius 1 is 1.25 bits per heavy atom. The summed E-state index contributed by atoms with van der Waals surface area (Å²) in [5.41, 5.74) is 0.555. The Bertz CT molecular complexity index is 195. The molecule has 2 saturated carbocycles. The number of nitrogens with one attached hydrogen (secondary N) is 1. The highest BCUT2D eigenvalue weighted by molar-refractivity contribution is 5.05. The molecule has 0 aromatic carbocycles. The van der Waals surface area contributed by atoms with E-state index in [1.54, 1.807) is 6.42 Å². The van der Waals surface area contributed by atoms with Crippen molar-refractivity contribution in [1.82, 2.24) is 5.32 Å². The lowest BCUT2D eigenvalue weighted by Gasteiger charge is -2.48. The van der Waals surface area contributed by atoms with Gasteiger partial charge in [0.1, 0.15) is 0 Å². The first-order valence-electron chi connectivity index (χ1n) is 5.53. The van der Waals surface area contributed by atoms with Crippen LogP contribution in [0.3, 0.4) is 0 Å². The van der Waals surface area contributed by atoms with Gasteiger partial charge < -0.3 is 5.32 Å². The number of hydrogen-bond acceptors (Lipinski definition) is 1. The minimum Gasteiger partial charge on any atom is -0.311 e. The molecule has 0 radical (unpaired) electrons. The van der Waals surface area contributed by atoms with Crippen LogP contribution in [0.2, 0.25) is 0 Å². The second-order valence-electron chi connectivity index (χ2n) is 5.38. The summed E-state index contributed by atoms with van der Waals surface area (Å²) in [4.78, 5) is 0. The third-order valence-corrected chi connectivity index (χ3v) is 4.73. The first-order valence-corrected chi connectivity index (χ1v) is 5.53. The van der Waals surface area contributed by atoms with Crippen LogP contribution in [0.5, 0.6) is 0 Å². The summed E-state index contributed by atoms with van der Waals surface area (Å²) in [7, 11) is 0. The molecule has 4 unspecified atom stereocenters. The van der Waals surface area contributed by atoms with E-state index in [1.807, 2.05) is 0 Å². The van der Waals surface area contributed by atoms with E-state index < -0.39 is 0 Å². The maximum absolute atomic E-state index is 3.65. The smallest absolute Gasteiger partial charge is 0.0196 e. The van der Waals surface area contributed by atoms with E-state index in [9.17, 15) is 0 Å². The van der Waals surface area contributed by atoms with Crippen molar-refractivity contribution in [2.45, 2.75) is 44.6 Å². The van der Waals surface area contributed by atoms with Crippen molar-refractivity contribution in [2.75, 3.05) is 6.54 Å². The molecular weight excluding hydrogens is 146 g/mol. The fourth-order valence-corrected chi connectivity index (χ4v) is 3.86. The third kappa shape index (κ3) is 0.834. The zero-order chi connectivity index (χ0) is 8.18. The van der Waals surface area contributed by atoms with E-state index >= 15 is 0 Å². The molecule has 3 aliphatic rings. The molecule has 2 aliphatic carbocycles. The van der Waals surface area contributed by atoms with E-state index in [0.29, 0.717) is 5.54 Å². The molecule has 12 heavy (non-hydrogen) atoms. The number of rotatable bonds is 1. The van der Waals surface area contributed by atoms with Crippen LogP contribution < -0.4 is 5.32 Å². The van der Waals surface area contributed by atoms with Gasteiger partial charge in [0.05, 0.1) is 0 Å². The number of fused-ring (bicyclic) bond motifs is 2. The van der Waals surface area contributed by atoms with Gasteiger partial charge in [-0.25, -0.2) is 0 Å². The fourth-order valence-electron chi connectivity index (χ4n) is 3.86. The van der Waals surface area contributed by atoms with Crippen LogP contribution in [0, 0.1) is 17.8 Å². The minimum absolute atomic E-state index is 0.555. The quantitative estimate of drug-likeness (QED) is 0.628. The lowest BCUT2D eigenvalue weighted by molar-refractivity contribution is 0.0950. The summed E-state index contributed by atoms with van der Waals surface area (Å²) in [6.45, 7) is 3.71. The van der Waals surface area contributed by atoms with Crippen molar-refractivity contribution in [3.8, 4) is 0 Å². The predicted molar refractivity (Wildman–Crippen MR) is 50.0 cm³/mol. The monoisotopic (exact) mass is 165 g/mol. The van der Waals surface area contributed by atoms with E-state index in [4.69, 9.17) is 0 Å². The van der Waals surface area contributed by atoms with Crippen molar-refractivity contribution >= 4 is 0 Å². The summed E-state index contributed by atoms with van der Waals surface area (Å²) >= 11 is 0. The van der Waals surface area contributed by atoms with Crippen LogP contribution in [0.1, 0.15) is 39.0 Å². The van der Waals surface area contributed by atoms with Gasteiger partial charge in [-0.2, -0.15) is 0 Å². The molecule has 1 heteroatoms. The zero-order valence-electron chi connectivity index (χ0n) is 7.97. The van der Waals surface area contributed by atoms with Crippen LogP contribution >= 0.6 is 0 Å². The summed E-state index contributed by atoms with van der Waals surface area (Å²) in [5, 5.41) is 3.65. The van der Waals surface area contributed by atoms with Crippen molar-refractivity contribution in [3.05, 3.63) is 0 Å². The van der Waals surface area contributed by atoms with Gasteiger partial charge in [0, 0.05) is 5.54 Å². The second-order valence-corrected chi connectivity index (χ2v) is 5.38. The lowest BCUT2D eigenvalue weighted by Crippen LogP contribution is -2.60. The first-order chi connectivity index (χ1) is 5.78. The van der Waals surface area contributed by atoms with Gasteiger partial charge in [-0.05, 0) is 56.9 Å². The highest BCUT2D eigenvalue weighted by Crippen LogP contribution is 2.53. The van der Waals surface area contributed by atoms with Crippen molar-refractivity contribution in [2.24, 2.45) is 17.8 Å². The highest BCUT2D eigenvalue weighted by Gasteiger charge is 2.50. The molecule has 1 nitrogen and oxygen atoms in total. The van der Waals surface area contributed by atoms with Crippen molar-refractivity contribution in [1.29, 1.82) is 0 Å². The van der Waals surface area contributed by atoms with Gasteiger partial charge in [0.15, 0.2) is 0 Å². The molecule has 0 amide bonds. The number of hydrogen-bond donors (Lipinski definition) is 1. The van der Waals surface area contributed by atoms with E-state index in [2.05, 4.69) is 12.2 Å². The third-order valence-electron chi connectivity index (χ3n) is 4.73. The van der Waals surface area contributed by atoms with E-state index in [0.717, 1.165) is 17.8 Å². The lowest BCUT2D eigenvalue weighted by atomic mass is 9.70. The average molecular weight is 165 g/mol. The van der Waals surface area contributed by atoms with Gasteiger partial charge in [0.25, 0.3) is 0 Å². The van der Waals surface area contributed by atoms with Crippen molar-refractivity contribution < 1.29 is 0 Å². The molecule has 1 heterocycles. The molecule has 1 saturated heterocycles. The van der Waals surface area contributed by atoms with Crippen LogP contribution in [0.4, 0.5) is 0 Å². The minimum atomic E-state index is 0.555. The Morgan fingerprint density at radius 3 is 2.50 bits per heavy atom. The molecule has 3 fully saturated rings. The van der Waals surface area contributed by atoms with Gasteiger partial charge in [0.2, 0.25) is 0 Å². The van der Waals surface area contributed by atoms with E-state index in [-0.39, 0.29) is 0 Å². The van der Waals surface area contributed by atoms with Gasteiger partial charge in [-0.1, -0.05) is 6.42 Å². The summed E-state index contributed by atoms with van der Waals surface area (Å²) in [6, 6.07) is 0. The summed E-state index contributed by atoms with van der Waals surface area (Å²) < 4.78 is 0. The van der Waals surface area contributed by atoms with E-state index in [1.165, 1.54) is 32.2 Å². The van der Waals surface area contributed by atoms with Crippen LogP contribution in [-0.4, -0.2) is 12.1 Å². The summed E-state index contributed by atoms with van der Waals surface area (Å²) in [5.74, 6) is 3.23. The van der Waals surface area contributed by atoms with Crippen LogP contribution in [-0.2, 0) is 0 Å². The van der Waals surface area contributed by atoms with Gasteiger partial charge >= 0.3 is 0 Å². The average Bonchev–Trinajstić information content (AvgIpc) is 2.59. The standard InChI is InChI=1S/C11H19N/c1-11(4-5-12-11)10-7-8-2-3-9(10)6-8/h8-10,12H,2-7H2,1H3. The maximum Gasteiger partial charge on any atom is 0.0196 e. The Hall–Kier alpha value is -0.0400. The molecule has 3 rings (SSSR count). The Morgan fingerprint density at radius 2 is 2.08 bits per heavy atom. The highest BCUT2D eigenvalue weighted by atomic mass is 15.1.